The molecule has 0 fully saturated rings. The van der Waals surface area contributed by atoms with Gasteiger partial charge in [0.2, 0.25) is 0 Å². The zero-order valence-corrected chi connectivity index (χ0v) is 7.38. The Hall–Kier alpha value is -0.870. The Balaban J connectivity index is 2.69. The van der Waals surface area contributed by atoms with E-state index in [1.165, 1.54) is 0 Å². The first-order valence-corrected chi connectivity index (χ1v) is 4.05. The lowest BCUT2D eigenvalue weighted by molar-refractivity contribution is 0.311. The van der Waals surface area contributed by atoms with Crippen molar-refractivity contribution in [2.45, 2.75) is 4.90 Å². The van der Waals surface area contributed by atoms with Crippen LogP contribution in [0.3, 0.4) is 0 Å². The van der Waals surface area contributed by atoms with Crippen molar-refractivity contribution in [2.75, 3.05) is 18.5 Å². The molecule has 12 heavy (non-hydrogen) atoms. The van der Waals surface area contributed by atoms with Gasteiger partial charge in [-0.3, -0.25) is 0 Å². The summed E-state index contributed by atoms with van der Waals surface area (Å²) in [6.45, 7) is 0.584. The van der Waals surface area contributed by atoms with E-state index >= 15 is 0 Å². The zero-order valence-electron chi connectivity index (χ0n) is 6.49. The number of aromatic hydroxyl groups is 1. The van der Waals surface area contributed by atoms with Crippen molar-refractivity contribution >= 4 is 18.3 Å². The van der Waals surface area contributed by atoms with E-state index in [2.05, 4.69) is 17.9 Å². The minimum Gasteiger partial charge on any atom is -0.507 e. The van der Waals surface area contributed by atoms with Gasteiger partial charge in [0.25, 0.3) is 0 Å². The van der Waals surface area contributed by atoms with Gasteiger partial charge in [0, 0.05) is 17.1 Å². The molecule has 3 nitrogen and oxygen atoms in total. The third-order valence-electron chi connectivity index (χ3n) is 1.42. The van der Waals surface area contributed by atoms with Crippen LogP contribution in [0.5, 0.6) is 5.75 Å². The molecule has 3 N–H and O–H groups in total. The van der Waals surface area contributed by atoms with Crippen LogP contribution in [0.25, 0.3) is 0 Å². The van der Waals surface area contributed by atoms with Crippen molar-refractivity contribution in [1.29, 1.82) is 0 Å². The zero-order chi connectivity index (χ0) is 8.97. The third-order valence-corrected chi connectivity index (χ3v) is 1.77. The number of anilines is 1. The molecule has 0 aromatic heterocycles. The summed E-state index contributed by atoms with van der Waals surface area (Å²) in [5, 5.41) is 20.6. The van der Waals surface area contributed by atoms with Crippen LogP contribution in [0.15, 0.2) is 23.1 Å². The van der Waals surface area contributed by atoms with Crippen LogP contribution in [0, 0.1) is 0 Å². The summed E-state index contributed by atoms with van der Waals surface area (Å²) in [4.78, 5) is 0.526. The number of aliphatic hydroxyl groups is 1. The second-order valence-electron chi connectivity index (χ2n) is 2.35. The largest absolute Gasteiger partial charge is 0.507 e. The Morgan fingerprint density at radius 2 is 2.17 bits per heavy atom. The first-order valence-electron chi connectivity index (χ1n) is 3.61. The molecule has 1 aromatic carbocycles. The molecule has 0 atom stereocenters. The average Bonchev–Trinajstić information content (AvgIpc) is 2.07. The first-order chi connectivity index (χ1) is 5.74. The summed E-state index contributed by atoms with van der Waals surface area (Å²) < 4.78 is 0. The van der Waals surface area contributed by atoms with E-state index in [0.29, 0.717) is 11.4 Å². The molecule has 0 radical (unpaired) electrons. The van der Waals surface area contributed by atoms with Crippen LogP contribution in [0.1, 0.15) is 0 Å². The summed E-state index contributed by atoms with van der Waals surface area (Å²) >= 11 is 4.04. The highest BCUT2D eigenvalue weighted by Crippen LogP contribution is 2.24. The molecule has 66 valence electrons. The van der Waals surface area contributed by atoms with Crippen LogP contribution < -0.4 is 5.32 Å². The molecular weight excluding hydrogens is 174 g/mol. The summed E-state index contributed by atoms with van der Waals surface area (Å²) in [6, 6.07) is 4.99. The Bertz CT molecular complexity index is 265. The van der Waals surface area contributed by atoms with Crippen molar-refractivity contribution in [3.8, 4) is 5.75 Å². The first kappa shape index (κ1) is 9.22. The third kappa shape index (κ3) is 2.32. The highest BCUT2D eigenvalue weighted by atomic mass is 32.1. The molecule has 0 bridgehead atoms. The molecule has 1 aromatic rings. The fourth-order valence-electron chi connectivity index (χ4n) is 0.834. The van der Waals surface area contributed by atoms with Crippen LogP contribution >= 0.6 is 12.6 Å². The van der Waals surface area contributed by atoms with E-state index in [1.807, 2.05) is 0 Å². The van der Waals surface area contributed by atoms with Gasteiger partial charge in [-0.2, -0.15) is 0 Å². The van der Waals surface area contributed by atoms with Gasteiger partial charge in [-0.25, -0.2) is 0 Å². The van der Waals surface area contributed by atoms with Crippen molar-refractivity contribution in [2.24, 2.45) is 0 Å². The van der Waals surface area contributed by atoms with E-state index in [1.54, 1.807) is 18.2 Å². The predicted octanol–water partition coefficient (Wildman–Crippen LogP) is 1.09. The molecule has 1 rings (SSSR count). The molecule has 0 spiro atoms. The van der Waals surface area contributed by atoms with E-state index in [0.717, 1.165) is 5.69 Å². The Morgan fingerprint density at radius 1 is 1.42 bits per heavy atom. The minimum absolute atomic E-state index is 0.0861. The number of thiol groups is 1. The molecule has 0 amide bonds. The minimum atomic E-state index is 0.0861. The monoisotopic (exact) mass is 185 g/mol. The van der Waals surface area contributed by atoms with Crippen LogP contribution in [-0.2, 0) is 0 Å². The Morgan fingerprint density at radius 3 is 2.75 bits per heavy atom. The molecule has 0 aliphatic carbocycles. The fourth-order valence-corrected chi connectivity index (χ4v) is 1.05. The van der Waals surface area contributed by atoms with Gasteiger partial charge >= 0.3 is 0 Å². The number of benzene rings is 1. The number of aliphatic hydroxyl groups excluding tert-OH is 1. The second-order valence-corrected chi connectivity index (χ2v) is 2.84. The molecule has 0 unspecified atom stereocenters. The topological polar surface area (TPSA) is 52.5 Å². The van der Waals surface area contributed by atoms with Crippen molar-refractivity contribution in [3.05, 3.63) is 18.2 Å². The standard InChI is InChI=1S/C8H11NO2S/c10-4-3-9-6-1-2-7(11)8(12)5-6/h1-2,5,9-12H,3-4H2. The SMILES string of the molecule is OCCNc1ccc(O)c(S)c1. The van der Waals surface area contributed by atoms with Gasteiger partial charge in [-0.1, -0.05) is 0 Å². The summed E-state index contributed by atoms with van der Waals surface area (Å²) in [5.41, 5.74) is 0.840. The molecular formula is C8H11NO2S. The number of phenols is 1. The van der Waals surface area contributed by atoms with Crippen LogP contribution in [-0.4, -0.2) is 23.4 Å². The van der Waals surface area contributed by atoms with E-state index in [4.69, 9.17) is 10.2 Å². The van der Waals surface area contributed by atoms with E-state index < -0.39 is 0 Å². The maximum Gasteiger partial charge on any atom is 0.129 e. The maximum absolute atomic E-state index is 9.12. The van der Waals surface area contributed by atoms with Gasteiger partial charge < -0.3 is 15.5 Å². The summed E-state index contributed by atoms with van der Waals surface area (Å²) in [7, 11) is 0. The van der Waals surface area contributed by atoms with E-state index in [9.17, 15) is 0 Å². The van der Waals surface area contributed by atoms with Gasteiger partial charge in [-0.15, -0.1) is 12.6 Å². The lowest BCUT2D eigenvalue weighted by Crippen LogP contribution is -2.04. The lowest BCUT2D eigenvalue weighted by Gasteiger charge is -2.05. The summed E-state index contributed by atoms with van der Waals surface area (Å²) in [5.74, 6) is 0.160. The number of hydrogen-bond donors (Lipinski definition) is 4. The Kier molecular flexibility index (Phi) is 3.25. The highest BCUT2D eigenvalue weighted by molar-refractivity contribution is 7.80. The van der Waals surface area contributed by atoms with Crippen LogP contribution in [0.2, 0.25) is 0 Å². The van der Waals surface area contributed by atoms with E-state index in [-0.39, 0.29) is 12.4 Å². The van der Waals surface area contributed by atoms with Gasteiger partial charge in [0.15, 0.2) is 0 Å². The smallest absolute Gasteiger partial charge is 0.129 e. The van der Waals surface area contributed by atoms with Crippen molar-refractivity contribution in [1.82, 2.24) is 0 Å². The number of nitrogens with one attached hydrogen (secondary N) is 1. The van der Waals surface area contributed by atoms with Gasteiger partial charge in [0.1, 0.15) is 5.75 Å². The quantitative estimate of drug-likeness (QED) is 0.421. The van der Waals surface area contributed by atoms with Gasteiger partial charge in [0.05, 0.1) is 6.61 Å². The van der Waals surface area contributed by atoms with Crippen molar-refractivity contribution < 1.29 is 10.2 Å². The van der Waals surface area contributed by atoms with Crippen LogP contribution in [0.4, 0.5) is 5.69 Å². The maximum atomic E-state index is 9.12. The van der Waals surface area contributed by atoms with Gasteiger partial charge in [-0.05, 0) is 18.2 Å². The molecule has 0 saturated heterocycles. The highest BCUT2D eigenvalue weighted by Gasteiger charge is 1.96. The number of phenolic OH excluding ortho intramolecular Hbond substituents is 1. The molecule has 0 aliphatic heterocycles. The normalized spacial score (nSPS) is 9.83. The lowest BCUT2D eigenvalue weighted by atomic mass is 10.3. The molecule has 0 aliphatic rings. The predicted molar refractivity (Wildman–Crippen MR) is 50.9 cm³/mol. The summed E-state index contributed by atoms with van der Waals surface area (Å²) in [6.07, 6.45) is 0. The molecule has 0 saturated carbocycles. The molecule has 4 heteroatoms. The van der Waals surface area contributed by atoms with Crippen molar-refractivity contribution in [3.63, 3.8) is 0 Å². The Labute approximate surface area is 76.5 Å². The fraction of sp³-hybridized carbons (Fsp3) is 0.250. The second kappa shape index (κ2) is 4.23. The number of rotatable bonds is 3. The average molecular weight is 185 g/mol. The molecule has 0 heterocycles. The number of hydrogen-bond acceptors (Lipinski definition) is 4.